The summed E-state index contributed by atoms with van der Waals surface area (Å²) in [5.41, 5.74) is 0. The molecule has 94 valence electrons. The largest absolute Gasteiger partial charge is 0.394 e. The smallest absolute Gasteiger partial charge is 0.111 e. The van der Waals surface area contributed by atoms with Gasteiger partial charge in [0, 0.05) is 0 Å². The number of aliphatic hydroxyl groups excluding tert-OH is 7. The molecule has 0 aromatic heterocycles. The number of hydrogen-bond acceptors (Lipinski definition) is 7. The highest BCUT2D eigenvalue weighted by atomic mass is 79.9. The lowest BCUT2D eigenvalue weighted by Gasteiger charge is -2.27. The van der Waals surface area contributed by atoms with E-state index in [0.717, 1.165) is 0 Å². The molecule has 0 fully saturated rings. The van der Waals surface area contributed by atoms with Gasteiger partial charge in [-0.1, -0.05) is 0 Å². The molecule has 4 atom stereocenters. The van der Waals surface area contributed by atoms with Crippen LogP contribution in [0.5, 0.6) is 0 Å². The van der Waals surface area contributed by atoms with Crippen molar-refractivity contribution in [3.63, 3.8) is 0 Å². The molecular formula is C7H17BrO7. The van der Waals surface area contributed by atoms with Crippen LogP contribution in [0.1, 0.15) is 0 Å². The quantitative estimate of drug-likeness (QED) is 0.268. The molecule has 0 amide bonds. The van der Waals surface area contributed by atoms with Crippen molar-refractivity contribution in [3.8, 4) is 0 Å². The van der Waals surface area contributed by atoms with Crippen LogP contribution in [0.15, 0.2) is 0 Å². The molecule has 8 heteroatoms. The Bertz CT molecular complexity index is 142. The van der Waals surface area contributed by atoms with Gasteiger partial charge in [-0.3, -0.25) is 0 Å². The topological polar surface area (TPSA) is 142 Å². The summed E-state index contributed by atoms with van der Waals surface area (Å²) in [6.07, 6.45) is -8.68. The molecule has 7 N–H and O–H groups in total. The van der Waals surface area contributed by atoms with Crippen LogP contribution >= 0.6 is 17.0 Å². The Hall–Kier alpha value is 0.200. The van der Waals surface area contributed by atoms with E-state index in [4.69, 9.17) is 35.7 Å². The highest BCUT2D eigenvalue weighted by molar-refractivity contribution is 8.93. The van der Waals surface area contributed by atoms with E-state index in [1.807, 2.05) is 0 Å². The fourth-order valence-electron chi connectivity index (χ4n) is 0.873. The SMILES string of the molecule is Br.OCC(O)C(O)C(O)C(O)C(O)CO. The second kappa shape index (κ2) is 8.36. The van der Waals surface area contributed by atoms with Crippen molar-refractivity contribution in [2.75, 3.05) is 13.2 Å². The molecule has 7 nitrogen and oxygen atoms in total. The third-order valence-corrected chi connectivity index (χ3v) is 1.86. The molecule has 0 radical (unpaired) electrons. The van der Waals surface area contributed by atoms with Crippen LogP contribution in [0.3, 0.4) is 0 Å². The average molecular weight is 293 g/mol. The molecule has 4 unspecified atom stereocenters. The van der Waals surface area contributed by atoms with Gasteiger partial charge in [0.1, 0.15) is 30.5 Å². The zero-order valence-corrected chi connectivity index (χ0v) is 9.55. The third-order valence-electron chi connectivity index (χ3n) is 1.86. The van der Waals surface area contributed by atoms with Gasteiger partial charge in [-0.2, -0.15) is 0 Å². The minimum Gasteiger partial charge on any atom is -0.394 e. The Kier molecular flexibility index (Phi) is 9.81. The van der Waals surface area contributed by atoms with Crippen molar-refractivity contribution in [3.05, 3.63) is 0 Å². The molecule has 15 heavy (non-hydrogen) atoms. The molecule has 0 spiro atoms. The van der Waals surface area contributed by atoms with Crippen LogP contribution in [-0.2, 0) is 0 Å². The summed E-state index contributed by atoms with van der Waals surface area (Å²) in [5, 5.41) is 61.9. The Morgan fingerprint density at radius 1 is 0.600 bits per heavy atom. The summed E-state index contributed by atoms with van der Waals surface area (Å²) in [4.78, 5) is 0. The normalized spacial score (nSPS) is 21.0. The first-order chi connectivity index (χ1) is 6.45. The van der Waals surface area contributed by atoms with Crippen molar-refractivity contribution in [1.82, 2.24) is 0 Å². The van der Waals surface area contributed by atoms with Crippen LogP contribution in [0, 0.1) is 0 Å². The zero-order valence-electron chi connectivity index (χ0n) is 7.84. The minimum atomic E-state index is -1.85. The first kappa shape index (κ1) is 17.6. The van der Waals surface area contributed by atoms with Gasteiger partial charge in [-0.25, -0.2) is 0 Å². The van der Waals surface area contributed by atoms with E-state index in [-0.39, 0.29) is 17.0 Å². The molecule has 0 rings (SSSR count). The molecule has 0 saturated carbocycles. The van der Waals surface area contributed by atoms with Gasteiger partial charge < -0.3 is 35.7 Å². The minimum absolute atomic E-state index is 0. The van der Waals surface area contributed by atoms with Crippen molar-refractivity contribution < 1.29 is 35.7 Å². The Labute approximate surface area is 97.0 Å². The van der Waals surface area contributed by atoms with Gasteiger partial charge in [-0.05, 0) is 0 Å². The molecule has 0 aliphatic carbocycles. The molecule has 0 saturated heterocycles. The third kappa shape index (κ3) is 5.18. The van der Waals surface area contributed by atoms with E-state index < -0.39 is 43.7 Å². The van der Waals surface area contributed by atoms with Crippen molar-refractivity contribution in [1.29, 1.82) is 0 Å². The molecular weight excluding hydrogens is 276 g/mol. The predicted octanol–water partition coefficient (Wildman–Crippen LogP) is -3.65. The van der Waals surface area contributed by atoms with Gasteiger partial charge in [-0.15, -0.1) is 17.0 Å². The number of aliphatic hydroxyl groups is 7. The van der Waals surface area contributed by atoms with Crippen LogP contribution in [-0.4, -0.2) is 79.5 Å². The highest BCUT2D eigenvalue weighted by Gasteiger charge is 2.33. The Morgan fingerprint density at radius 2 is 0.867 bits per heavy atom. The van der Waals surface area contributed by atoms with Gasteiger partial charge in [0.25, 0.3) is 0 Å². The summed E-state index contributed by atoms with van der Waals surface area (Å²) < 4.78 is 0. The van der Waals surface area contributed by atoms with E-state index in [1.54, 1.807) is 0 Å². The van der Waals surface area contributed by atoms with Crippen LogP contribution in [0.25, 0.3) is 0 Å². The highest BCUT2D eigenvalue weighted by Crippen LogP contribution is 2.07. The number of rotatable bonds is 6. The van der Waals surface area contributed by atoms with Crippen molar-refractivity contribution >= 4 is 17.0 Å². The number of hydrogen-bond donors (Lipinski definition) is 7. The summed E-state index contributed by atoms with van der Waals surface area (Å²) in [5.74, 6) is 0. The lowest BCUT2D eigenvalue weighted by atomic mass is 10.00. The summed E-state index contributed by atoms with van der Waals surface area (Å²) in [6.45, 7) is -1.58. The van der Waals surface area contributed by atoms with Gasteiger partial charge in [0.2, 0.25) is 0 Å². The van der Waals surface area contributed by atoms with E-state index in [1.165, 1.54) is 0 Å². The Balaban J connectivity index is 0. The maximum Gasteiger partial charge on any atom is 0.111 e. The first-order valence-corrected chi connectivity index (χ1v) is 4.07. The van der Waals surface area contributed by atoms with E-state index in [2.05, 4.69) is 0 Å². The lowest BCUT2D eigenvalue weighted by Crippen LogP contribution is -2.50. The molecule has 0 aromatic carbocycles. The summed E-state index contributed by atoms with van der Waals surface area (Å²) in [6, 6.07) is 0. The van der Waals surface area contributed by atoms with Crippen LogP contribution in [0.2, 0.25) is 0 Å². The van der Waals surface area contributed by atoms with E-state index in [0.29, 0.717) is 0 Å². The standard InChI is InChI=1S/C7H16O7.BrH/c8-1-3(10)5(12)7(14)6(13)4(11)2-9;/h3-14H,1-2H2;1H. The predicted molar refractivity (Wildman–Crippen MR) is 54.5 cm³/mol. The lowest BCUT2D eigenvalue weighted by molar-refractivity contribution is -0.145. The fraction of sp³-hybridized carbons (Fsp3) is 1.00. The first-order valence-electron chi connectivity index (χ1n) is 4.07. The molecule has 0 bridgehead atoms. The average Bonchev–Trinajstić information content (AvgIpc) is 2.23. The summed E-state index contributed by atoms with van der Waals surface area (Å²) >= 11 is 0. The molecule has 0 aliphatic heterocycles. The van der Waals surface area contributed by atoms with Crippen molar-refractivity contribution in [2.45, 2.75) is 30.5 Å². The van der Waals surface area contributed by atoms with Crippen LogP contribution in [0.4, 0.5) is 0 Å². The van der Waals surface area contributed by atoms with E-state index in [9.17, 15) is 0 Å². The maximum absolute atomic E-state index is 9.15. The second-order valence-corrected chi connectivity index (χ2v) is 2.97. The molecule has 0 aliphatic rings. The zero-order chi connectivity index (χ0) is 11.3. The molecule has 0 aromatic rings. The van der Waals surface area contributed by atoms with Gasteiger partial charge >= 0.3 is 0 Å². The Morgan fingerprint density at radius 3 is 1.07 bits per heavy atom. The summed E-state index contributed by atoms with van der Waals surface area (Å²) in [7, 11) is 0. The molecule has 0 heterocycles. The fourth-order valence-corrected chi connectivity index (χ4v) is 0.873. The van der Waals surface area contributed by atoms with Gasteiger partial charge in [0.05, 0.1) is 13.2 Å². The van der Waals surface area contributed by atoms with Gasteiger partial charge in [0.15, 0.2) is 0 Å². The van der Waals surface area contributed by atoms with Crippen molar-refractivity contribution in [2.24, 2.45) is 0 Å². The maximum atomic E-state index is 9.15. The monoisotopic (exact) mass is 292 g/mol. The number of halogens is 1. The van der Waals surface area contributed by atoms with E-state index >= 15 is 0 Å². The van der Waals surface area contributed by atoms with Crippen LogP contribution < -0.4 is 0 Å². The second-order valence-electron chi connectivity index (χ2n) is 2.97.